The van der Waals surface area contributed by atoms with E-state index in [0.717, 1.165) is 7.05 Å². The van der Waals surface area contributed by atoms with Crippen LogP contribution in [0.1, 0.15) is 5.56 Å². The number of rotatable bonds is 1. The maximum Gasteiger partial charge on any atom is 0.269 e. The van der Waals surface area contributed by atoms with Crippen molar-refractivity contribution in [2.45, 2.75) is 6.92 Å². The van der Waals surface area contributed by atoms with Crippen molar-refractivity contribution in [1.29, 1.82) is 0 Å². The van der Waals surface area contributed by atoms with Crippen molar-refractivity contribution in [3.63, 3.8) is 0 Å². The van der Waals surface area contributed by atoms with E-state index in [1.165, 1.54) is 0 Å². The first-order valence-electron chi connectivity index (χ1n) is 8.02. The third kappa shape index (κ3) is 2.05. The van der Waals surface area contributed by atoms with Gasteiger partial charge in [-0.3, -0.25) is 23.7 Å². The monoisotopic (exact) mass is 428 g/mol. The first-order chi connectivity index (χ1) is 13.9. The molecule has 4 rings (SSSR count). The first kappa shape index (κ1) is 19.6. The van der Waals surface area contributed by atoms with Crippen LogP contribution < -0.4 is 22.2 Å². The molecule has 154 valence electrons. The van der Waals surface area contributed by atoms with E-state index in [-0.39, 0.29) is 0 Å². The molecule has 0 atom stereocenters. The molecule has 6 nitrogen and oxygen atoms in total. The van der Waals surface area contributed by atoms with Gasteiger partial charge >= 0.3 is 0 Å². The largest absolute Gasteiger partial charge is 0.277 e. The van der Waals surface area contributed by atoms with Gasteiger partial charge in [-0.1, -0.05) is 0 Å². The number of fused-ring (bicyclic) bond motifs is 2. The van der Waals surface area contributed by atoms with E-state index in [0.29, 0.717) is 11.5 Å². The standard InChI is InChI=1S/C18H6F6N2O4/c1-3-8(19)12(23)14(13(24)9(3)20)26-17(29)6-7(18(26)30)11(22)5-4(10(6)21)15(27)25(2)16(5)28/h1-2H3. The predicted molar refractivity (Wildman–Crippen MR) is 91.7 cm³/mol. The molecule has 0 spiro atoms. The Morgan fingerprint density at radius 1 is 0.533 bits per heavy atom. The van der Waals surface area contributed by atoms with Crippen molar-refractivity contribution >= 4 is 21.5 Å². The Kier molecular flexibility index (Phi) is 3.86. The zero-order valence-corrected chi connectivity index (χ0v) is 14.8. The minimum Gasteiger partial charge on any atom is -0.277 e. The van der Waals surface area contributed by atoms with Gasteiger partial charge in [-0.15, -0.1) is 0 Å². The lowest BCUT2D eigenvalue weighted by Gasteiger charge is -2.09. The Morgan fingerprint density at radius 2 is 0.867 bits per heavy atom. The van der Waals surface area contributed by atoms with Crippen molar-refractivity contribution in [1.82, 2.24) is 9.13 Å². The van der Waals surface area contributed by atoms with Crippen molar-refractivity contribution in [2.75, 3.05) is 0 Å². The Hall–Kier alpha value is -3.70. The molecule has 0 amide bonds. The SMILES string of the molecule is Cc1c(F)c(F)c(-n2c(=O)c3c(F)c4c(=O)n(C)c(=O)c4c(F)c3c2=O)c(F)c1F. The van der Waals surface area contributed by atoms with Crippen LogP contribution in [0.5, 0.6) is 0 Å². The molecule has 4 aromatic rings. The topological polar surface area (TPSA) is 78.1 Å². The summed E-state index contributed by atoms with van der Waals surface area (Å²) in [5, 5.41) is -5.09. The average molecular weight is 428 g/mol. The second-order valence-corrected chi connectivity index (χ2v) is 6.47. The van der Waals surface area contributed by atoms with Gasteiger partial charge in [-0.25, -0.2) is 30.9 Å². The highest BCUT2D eigenvalue weighted by atomic mass is 19.2. The molecule has 12 heteroatoms. The van der Waals surface area contributed by atoms with Crippen LogP contribution in [0.4, 0.5) is 26.3 Å². The van der Waals surface area contributed by atoms with Gasteiger partial charge in [-0.2, -0.15) is 0 Å². The van der Waals surface area contributed by atoms with E-state index in [1.54, 1.807) is 0 Å². The molecule has 0 aliphatic heterocycles. The van der Waals surface area contributed by atoms with Crippen LogP contribution in [-0.2, 0) is 7.05 Å². The molecule has 2 heterocycles. The minimum atomic E-state index is -2.15. The third-order valence-electron chi connectivity index (χ3n) is 4.93. The normalized spacial score (nSPS) is 11.9. The molecule has 0 fully saturated rings. The first-order valence-corrected chi connectivity index (χ1v) is 8.02. The van der Waals surface area contributed by atoms with Crippen LogP contribution in [0.25, 0.3) is 27.2 Å². The highest BCUT2D eigenvalue weighted by Crippen LogP contribution is 2.28. The maximum absolute atomic E-state index is 14.9. The molecule has 2 aromatic heterocycles. The van der Waals surface area contributed by atoms with Crippen LogP contribution in [0.15, 0.2) is 19.2 Å². The lowest BCUT2D eigenvalue weighted by atomic mass is 10.1. The number of benzene rings is 2. The van der Waals surface area contributed by atoms with E-state index in [9.17, 15) is 45.5 Å². The number of nitrogens with zero attached hydrogens (tertiary/aromatic N) is 2. The zero-order chi connectivity index (χ0) is 22.4. The van der Waals surface area contributed by atoms with Gasteiger partial charge in [0.2, 0.25) is 0 Å². The maximum atomic E-state index is 14.9. The number of hydrogen-bond donors (Lipinski definition) is 0. The lowest BCUT2D eigenvalue weighted by molar-refractivity contribution is 0.438. The second kappa shape index (κ2) is 5.90. The van der Waals surface area contributed by atoms with Crippen LogP contribution in [0.3, 0.4) is 0 Å². The van der Waals surface area contributed by atoms with Crippen LogP contribution in [0.2, 0.25) is 0 Å². The Labute approximate surface area is 159 Å². The van der Waals surface area contributed by atoms with Gasteiger partial charge in [0.25, 0.3) is 22.2 Å². The Morgan fingerprint density at radius 3 is 1.23 bits per heavy atom. The molecule has 0 aliphatic carbocycles. The van der Waals surface area contributed by atoms with Gasteiger partial charge in [0.1, 0.15) is 5.69 Å². The molecule has 0 bridgehead atoms. The van der Waals surface area contributed by atoms with Crippen molar-refractivity contribution < 1.29 is 26.3 Å². The quantitative estimate of drug-likeness (QED) is 0.341. The van der Waals surface area contributed by atoms with Gasteiger partial charge in [-0.05, 0) is 6.92 Å². The van der Waals surface area contributed by atoms with Crippen LogP contribution in [0, 0.1) is 41.8 Å². The van der Waals surface area contributed by atoms with Crippen LogP contribution >= 0.6 is 0 Å². The van der Waals surface area contributed by atoms with E-state index in [1.807, 2.05) is 0 Å². The third-order valence-corrected chi connectivity index (χ3v) is 4.93. The summed E-state index contributed by atoms with van der Waals surface area (Å²) in [7, 11) is 0.896. The molecular weight excluding hydrogens is 422 g/mol. The van der Waals surface area contributed by atoms with Crippen molar-refractivity contribution in [3.8, 4) is 5.69 Å². The zero-order valence-electron chi connectivity index (χ0n) is 14.8. The smallest absolute Gasteiger partial charge is 0.269 e. The number of halogens is 6. The predicted octanol–water partition coefficient (Wildman–Crippen LogP) is 1.58. The molecular formula is C18H6F6N2O4. The van der Waals surface area contributed by atoms with E-state index in [2.05, 4.69) is 0 Å². The fourth-order valence-electron chi connectivity index (χ4n) is 3.36. The van der Waals surface area contributed by atoms with Crippen LogP contribution in [-0.4, -0.2) is 9.13 Å². The van der Waals surface area contributed by atoms with E-state index in [4.69, 9.17) is 0 Å². The van der Waals surface area contributed by atoms with E-state index < -0.39 is 94.5 Å². The molecule has 2 aromatic carbocycles. The summed E-state index contributed by atoms with van der Waals surface area (Å²) in [5.74, 6) is -11.7. The summed E-state index contributed by atoms with van der Waals surface area (Å²) in [5.41, 5.74) is -9.30. The molecule has 0 radical (unpaired) electrons. The van der Waals surface area contributed by atoms with Crippen molar-refractivity contribution in [3.05, 3.63) is 81.9 Å². The Balaban J connectivity index is 2.35. The molecule has 0 unspecified atom stereocenters. The summed E-state index contributed by atoms with van der Waals surface area (Å²) in [6.07, 6.45) is 0. The number of hydrogen-bond acceptors (Lipinski definition) is 4. The van der Waals surface area contributed by atoms with Crippen molar-refractivity contribution in [2.24, 2.45) is 7.05 Å². The minimum absolute atomic E-state index is 0.336. The summed E-state index contributed by atoms with van der Waals surface area (Å²) in [4.78, 5) is 49.2. The molecule has 30 heavy (non-hydrogen) atoms. The van der Waals surface area contributed by atoms with E-state index >= 15 is 0 Å². The summed E-state index contributed by atoms with van der Waals surface area (Å²) in [6, 6.07) is 0. The molecule has 0 saturated heterocycles. The van der Waals surface area contributed by atoms with Gasteiger partial charge in [0, 0.05) is 12.6 Å². The summed E-state index contributed by atoms with van der Waals surface area (Å²) >= 11 is 0. The van der Waals surface area contributed by atoms with Gasteiger partial charge in [0.15, 0.2) is 34.9 Å². The summed E-state index contributed by atoms with van der Waals surface area (Å²) in [6.45, 7) is 0.681. The summed E-state index contributed by atoms with van der Waals surface area (Å²) < 4.78 is 86.0. The molecule has 0 N–H and O–H groups in total. The average Bonchev–Trinajstić information content (AvgIpc) is 3.10. The Bertz CT molecular complexity index is 1540. The van der Waals surface area contributed by atoms with Gasteiger partial charge in [0.05, 0.1) is 21.5 Å². The number of aromatic nitrogens is 2. The second-order valence-electron chi connectivity index (χ2n) is 6.47. The fourth-order valence-corrected chi connectivity index (χ4v) is 3.36. The lowest BCUT2D eigenvalue weighted by Crippen LogP contribution is -2.27. The van der Waals surface area contributed by atoms with Gasteiger partial charge < -0.3 is 0 Å². The fraction of sp³-hybridized carbons (Fsp3) is 0.111. The highest BCUT2D eigenvalue weighted by Gasteiger charge is 2.33. The molecule has 0 saturated carbocycles. The highest BCUT2D eigenvalue weighted by molar-refractivity contribution is 5.99. The molecule has 0 aliphatic rings.